The number of hydrogen-bond donors (Lipinski definition) is 1. The second-order valence-corrected chi connectivity index (χ2v) is 4.06. The number of carbonyl (C=O) groups is 1. The van der Waals surface area contributed by atoms with Crippen LogP contribution < -0.4 is 5.73 Å². The third-order valence-corrected chi connectivity index (χ3v) is 2.85. The molecule has 0 saturated heterocycles. The van der Waals surface area contributed by atoms with Crippen LogP contribution in [0.4, 0.5) is 0 Å². The number of rotatable bonds is 5. The van der Waals surface area contributed by atoms with Crippen molar-refractivity contribution >= 4 is 5.78 Å². The molecule has 0 radical (unpaired) electrons. The van der Waals surface area contributed by atoms with Gasteiger partial charge in [-0.3, -0.25) is 9.48 Å². The van der Waals surface area contributed by atoms with Crippen LogP contribution in [0.3, 0.4) is 0 Å². The Bertz CT molecular complexity index is 330. The second kappa shape index (κ2) is 5.07. The van der Waals surface area contributed by atoms with Crippen molar-refractivity contribution in [3.8, 4) is 0 Å². The van der Waals surface area contributed by atoms with E-state index in [9.17, 15) is 4.79 Å². The summed E-state index contributed by atoms with van der Waals surface area (Å²) in [4.78, 5) is 11.7. The van der Waals surface area contributed by atoms with Crippen molar-refractivity contribution in [1.29, 1.82) is 0 Å². The maximum atomic E-state index is 11.7. The largest absolute Gasteiger partial charge is 0.327 e. The molecule has 0 fully saturated rings. The van der Waals surface area contributed by atoms with E-state index in [1.54, 1.807) is 10.9 Å². The normalized spacial score (nSPS) is 14.9. The second-order valence-electron chi connectivity index (χ2n) is 4.06. The van der Waals surface area contributed by atoms with Crippen LogP contribution in [0.5, 0.6) is 0 Å². The molecule has 0 aromatic carbocycles. The Morgan fingerprint density at radius 2 is 2.27 bits per heavy atom. The summed E-state index contributed by atoms with van der Waals surface area (Å²) in [5, 5.41) is 4.06. The molecular formula is C11H19N3O. The molecule has 0 saturated carbocycles. The van der Waals surface area contributed by atoms with Crippen LogP contribution in [-0.4, -0.2) is 21.6 Å². The monoisotopic (exact) mass is 209 g/mol. The van der Waals surface area contributed by atoms with Gasteiger partial charge in [-0.2, -0.15) is 5.10 Å². The van der Waals surface area contributed by atoms with Crippen LogP contribution in [0, 0.1) is 5.92 Å². The lowest BCUT2D eigenvalue weighted by molar-refractivity contribution is -0.122. The molecule has 0 spiro atoms. The zero-order chi connectivity index (χ0) is 11.4. The van der Waals surface area contributed by atoms with Gasteiger partial charge in [0.2, 0.25) is 0 Å². The summed E-state index contributed by atoms with van der Waals surface area (Å²) in [5.74, 6) is 0.171. The number of nitrogens with two attached hydrogens (primary N) is 1. The molecule has 0 aliphatic carbocycles. The van der Waals surface area contributed by atoms with E-state index in [4.69, 9.17) is 5.73 Å². The first kappa shape index (κ1) is 11.9. The van der Waals surface area contributed by atoms with Gasteiger partial charge in [0.1, 0.15) is 5.78 Å². The topological polar surface area (TPSA) is 60.9 Å². The van der Waals surface area contributed by atoms with E-state index in [1.807, 2.05) is 27.0 Å². The number of hydrogen-bond acceptors (Lipinski definition) is 3. The molecule has 0 bridgehead atoms. The molecule has 2 unspecified atom stereocenters. The van der Waals surface area contributed by atoms with Gasteiger partial charge in [-0.15, -0.1) is 0 Å². The third-order valence-electron chi connectivity index (χ3n) is 2.85. The lowest BCUT2D eigenvalue weighted by atomic mass is 9.95. The Morgan fingerprint density at radius 3 is 2.73 bits per heavy atom. The zero-order valence-corrected chi connectivity index (χ0v) is 9.60. The Kier molecular flexibility index (Phi) is 4.03. The smallest absolute Gasteiger partial charge is 0.137 e. The summed E-state index contributed by atoms with van der Waals surface area (Å²) in [6, 6.07) is 1.87. The maximum absolute atomic E-state index is 11.7. The average Bonchev–Trinajstić information content (AvgIpc) is 2.59. The number of nitrogens with zero attached hydrogens (tertiary/aromatic N) is 2. The highest BCUT2D eigenvalue weighted by Crippen LogP contribution is 2.08. The molecule has 0 aliphatic rings. The molecule has 4 heteroatoms. The Morgan fingerprint density at radius 1 is 1.60 bits per heavy atom. The van der Waals surface area contributed by atoms with Crippen molar-refractivity contribution < 1.29 is 4.79 Å². The molecule has 4 nitrogen and oxygen atoms in total. The van der Waals surface area contributed by atoms with Gasteiger partial charge in [0.15, 0.2) is 0 Å². The van der Waals surface area contributed by atoms with Crippen molar-refractivity contribution in [1.82, 2.24) is 9.78 Å². The van der Waals surface area contributed by atoms with E-state index >= 15 is 0 Å². The summed E-state index contributed by atoms with van der Waals surface area (Å²) < 4.78 is 1.80. The lowest BCUT2D eigenvalue weighted by Gasteiger charge is -2.13. The third kappa shape index (κ3) is 3.16. The van der Waals surface area contributed by atoms with Crippen molar-refractivity contribution in [2.75, 3.05) is 0 Å². The van der Waals surface area contributed by atoms with Gasteiger partial charge in [-0.1, -0.05) is 6.92 Å². The summed E-state index contributed by atoms with van der Waals surface area (Å²) in [6.45, 7) is 3.75. The first-order chi connectivity index (χ1) is 7.02. The fraction of sp³-hybridized carbons (Fsp3) is 0.636. The van der Waals surface area contributed by atoms with E-state index in [2.05, 4.69) is 5.10 Å². The zero-order valence-electron chi connectivity index (χ0n) is 9.60. The first-order valence-electron chi connectivity index (χ1n) is 5.27. The van der Waals surface area contributed by atoms with E-state index in [-0.39, 0.29) is 17.7 Å². The summed E-state index contributed by atoms with van der Waals surface area (Å²) in [6.07, 6.45) is 3.03. The number of aromatic nitrogens is 2. The Hall–Kier alpha value is -1.16. The van der Waals surface area contributed by atoms with E-state index in [1.165, 1.54) is 0 Å². The summed E-state index contributed by atoms with van der Waals surface area (Å²) in [7, 11) is 1.88. The van der Waals surface area contributed by atoms with Gasteiger partial charge < -0.3 is 5.73 Å². The van der Waals surface area contributed by atoms with Crippen LogP contribution in [0.2, 0.25) is 0 Å². The quantitative estimate of drug-likeness (QED) is 0.784. The lowest BCUT2D eigenvalue weighted by Crippen LogP contribution is -2.30. The minimum Gasteiger partial charge on any atom is -0.327 e. The van der Waals surface area contributed by atoms with Crippen LogP contribution in [0.15, 0.2) is 12.3 Å². The van der Waals surface area contributed by atoms with Gasteiger partial charge >= 0.3 is 0 Å². The van der Waals surface area contributed by atoms with Crippen LogP contribution in [-0.2, 0) is 18.3 Å². The van der Waals surface area contributed by atoms with Crippen LogP contribution >= 0.6 is 0 Å². The predicted molar refractivity (Wildman–Crippen MR) is 59.3 cm³/mol. The molecule has 2 atom stereocenters. The fourth-order valence-corrected chi connectivity index (χ4v) is 1.42. The molecular weight excluding hydrogens is 190 g/mol. The molecule has 2 N–H and O–H groups in total. The van der Waals surface area contributed by atoms with Crippen LogP contribution in [0.1, 0.15) is 26.0 Å². The molecule has 1 aromatic heterocycles. The number of carbonyl (C=O) groups excluding carboxylic acids is 1. The molecule has 1 heterocycles. The van der Waals surface area contributed by atoms with Crippen molar-refractivity contribution in [2.24, 2.45) is 18.7 Å². The molecule has 0 aliphatic heterocycles. The highest BCUT2D eigenvalue weighted by atomic mass is 16.1. The van der Waals surface area contributed by atoms with E-state index < -0.39 is 0 Å². The molecule has 1 rings (SSSR count). The Balaban J connectivity index is 2.44. The van der Waals surface area contributed by atoms with Gasteiger partial charge in [-0.05, 0) is 19.4 Å². The molecule has 0 amide bonds. The maximum Gasteiger partial charge on any atom is 0.137 e. The highest BCUT2D eigenvalue weighted by molar-refractivity contribution is 5.81. The minimum atomic E-state index is -0.0657. The molecule has 84 valence electrons. The van der Waals surface area contributed by atoms with Gasteiger partial charge in [0.05, 0.1) is 0 Å². The average molecular weight is 209 g/mol. The number of ketones is 1. The highest BCUT2D eigenvalue weighted by Gasteiger charge is 2.16. The summed E-state index contributed by atoms with van der Waals surface area (Å²) >= 11 is 0. The van der Waals surface area contributed by atoms with Gasteiger partial charge in [0, 0.05) is 37.3 Å². The van der Waals surface area contributed by atoms with Crippen molar-refractivity contribution in [2.45, 2.75) is 32.7 Å². The fourth-order valence-electron chi connectivity index (χ4n) is 1.42. The molecule has 15 heavy (non-hydrogen) atoms. The first-order valence-corrected chi connectivity index (χ1v) is 5.27. The van der Waals surface area contributed by atoms with E-state index in [0.717, 1.165) is 12.1 Å². The SMILES string of the molecule is CC(N)C(C)C(=O)CCc1ccnn1C. The minimum absolute atomic E-state index is 0.0572. The van der Waals surface area contributed by atoms with Crippen LogP contribution in [0.25, 0.3) is 0 Å². The van der Waals surface area contributed by atoms with Gasteiger partial charge in [0.25, 0.3) is 0 Å². The number of Topliss-reactive ketones (excluding diaryl/α,β-unsaturated/α-hetero) is 1. The Labute approximate surface area is 90.5 Å². The van der Waals surface area contributed by atoms with Gasteiger partial charge in [-0.25, -0.2) is 0 Å². The predicted octanol–water partition coefficient (Wildman–Crippen LogP) is 0.905. The van der Waals surface area contributed by atoms with E-state index in [0.29, 0.717) is 6.42 Å². The number of aryl methyl sites for hydroxylation is 2. The standard InChI is InChI=1S/C11H19N3O/c1-8(9(2)12)11(15)5-4-10-6-7-13-14(10)3/h6-9H,4-5,12H2,1-3H3. The van der Waals surface area contributed by atoms with Crippen molar-refractivity contribution in [3.05, 3.63) is 18.0 Å². The van der Waals surface area contributed by atoms with Crippen molar-refractivity contribution in [3.63, 3.8) is 0 Å². The summed E-state index contributed by atoms with van der Waals surface area (Å²) in [5.41, 5.74) is 6.76. The molecule has 1 aromatic rings.